The molecule has 0 heterocycles. The van der Waals surface area contributed by atoms with Crippen LogP contribution < -0.4 is 5.73 Å². The van der Waals surface area contributed by atoms with Crippen LogP contribution in [0, 0.1) is 23.0 Å². The van der Waals surface area contributed by atoms with Crippen LogP contribution in [0.1, 0.15) is 16.8 Å². The predicted octanol–water partition coefficient (Wildman–Crippen LogP) is 1.55. The zero-order valence-electron chi connectivity index (χ0n) is 11.0. The van der Waals surface area contributed by atoms with Crippen LogP contribution in [0.2, 0.25) is 0 Å². The molecule has 0 aliphatic rings. The second-order valence-electron chi connectivity index (χ2n) is 4.05. The number of nitrogen functional groups attached to an aromatic ring is 1. The number of benzene rings is 1. The van der Waals surface area contributed by atoms with Gasteiger partial charge in [-0.25, -0.2) is 8.78 Å². The lowest BCUT2D eigenvalue weighted by Gasteiger charge is -2.22. The lowest BCUT2D eigenvalue weighted by molar-refractivity contribution is 0.0700. The van der Waals surface area contributed by atoms with Gasteiger partial charge in [0.15, 0.2) is 11.6 Å². The highest BCUT2D eigenvalue weighted by Crippen LogP contribution is 2.19. The summed E-state index contributed by atoms with van der Waals surface area (Å²) < 4.78 is 31.1. The summed E-state index contributed by atoms with van der Waals surface area (Å²) in [6, 6.07) is 3.44. The Morgan fingerprint density at radius 2 is 2.05 bits per heavy atom. The first-order valence-electron chi connectivity index (χ1n) is 5.91. The van der Waals surface area contributed by atoms with Gasteiger partial charge in [-0.1, -0.05) is 0 Å². The van der Waals surface area contributed by atoms with Crippen LogP contribution in [0.3, 0.4) is 0 Å². The van der Waals surface area contributed by atoms with Gasteiger partial charge in [0.25, 0.3) is 5.91 Å². The van der Waals surface area contributed by atoms with Crippen LogP contribution in [0.15, 0.2) is 12.1 Å². The van der Waals surface area contributed by atoms with E-state index in [0.29, 0.717) is 0 Å². The SMILES string of the molecule is COCCN(CCC#N)C(=O)c1cc(F)c(F)cc1N. The monoisotopic (exact) mass is 283 g/mol. The van der Waals surface area contributed by atoms with E-state index in [2.05, 4.69) is 0 Å². The van der Waals surface area contributed by atoms with Crippen molar-refractivity contribution in [3.8, 4) is 6.07 Å². The Kier molecular flexibility index (Phi) is 5.87. The molecule has 0 saturated heterocycles. The molecule has 1 aromatic rings. The molecule has 5 nitrogen and oxygen atoms in total. The lowest BCUT2D eigenvalue weighted by atomic mass is 10.1. The van der Waals surface area contributed by atoms with E-state index in [1.807, 2.05) is 6.07 Å². The molecular formula is C13H15F2N3O2. The van der Waals surface area contributed by atoms with Crippen LogP contribution in [-0.2, 0) is 4.74 Å². The van der Waals surface area contributed by atoms with E-state index >= 15 is 0 Å². The lowest BCUT2D eigenvalue weighted by Crippen LogP contribution is -2.35. The highest BCUT2D eigenvalue weighted by molar-refractivity contribution is 5.99. The maximum absolute atomic E-state index is 13.2. The van der Waals surface area contributed by atoms with E-state index < -0.39 is 17.5 Å². The van der Waals surface area contributed by atoms with Gasteiger partial charge in [0, 0.05) is 32.0 Å². The minimum Gasteiger partial charge on any atom is -0.398 e. The number of carbonyl (C=O) groups excluding carboxylic acids is 1. The molecule has 1 rings (SSSR count). The molecule has 0 aromatic heterocycles. The average molecular weight is 283 g/mol. The minimum absolute atomic E-state index is 0.124. The summed E-state index contributed by atoms with van der Waals surface area (Å²) in [6.07, 6.45) is 0.124. The minimum atomic E-state index is -1.14. The van der Waals surface area contributed by atoms with Crippen molar-refractivity contribution in [1.29, 1.82) is 5.26 Å². The van der Waals surface area contributed by atoms with E-state index in [1.165, 1.54) is 12.0 Å². The molecule has 0 saturated carbocycles. The summed E-state index contributed by atoms with van der Waals surface area (Å²) >= 11 is 0. The third kappa shape index (κ3) is 3.90. The molecule has 20 heavy (non-hydrogen) atoms. The van der Waals surface area contributed by atoms with Crippen molar-refractivity contribution >= 4 is 11.6 Å². The molecule has 0 aliphatic carbocycles. The third-order valence-electron chi connectivity index (χ3n) is 2.67. The molecule has 7 heteroatoms. The molecule has 0 unspecified atom stereocenters. The average Bonchev–Trinajstić information content (AvgIpc) is 2.42. The zero-order chi connectivity index (χ0) is 15.1. The summed E-state index contributed by atoms with van der Waals surface area (Å²) in [5, 5.41) is 8.57. The first kappa shape index (κ1) is 15.9. The van der Waals surface area contributed by atoms with Gasteiger partial charge in [0.05, 0.1) is 24.7 Å². The second kappa shape index (κ2) is 7.40. The smallest absolute Gasteiger partial charge is 0.256 e. The number of anilines is 1. The normalized spacial score (nSPS) is 10.1. The fourth-order valence-electron chi connectivity index (χ4n) is 1.62. The van der Waals surface area contributed by atoms with Crippen molar-refractivity contribution in [2.75, 3.05) is 32.5 Å². The number of carbonyl (C=O) groups is 1. The molecule has 1 aromatic carbocycles. The van der Waals surface area contributed by atoms with Gasteiger partial charge in [-0.15, -0.1) is 0 Å². The number of ether oxygens (including phenoxy) is 1. The van der Waals surface area contributed by atoms with Crippen LogP contribution in [0.4, 0.5) is 14.5 Å². The van der Waals surface area contributed by atoms with Crippen molar-refractivity contribution in [2.45, 2.75) is 6.42 Å². The number of amides is 1. The zero-order valence-corrected chi connectivity index (χ0v) is 11.0. The Labute approximate surface area is 115 Å². The van der Waals surface area contributed by atoms with Gasteiger partial charge in [-0.05, 0) is 6.07 Å². The van der Waals surface area contributed by atoms with E-state index in [-0.39, 0.29) is 37.4 Å². The number of nitriles is 1. The van der Waals surface area contributed by atoms with E-state index in [4.69, 9.17) is 15.7 Å². The quantitative estimate of drug-likeness (QED) is 0.803. The maximum atomic E-state index is 13.2. The van der Waals surface area contributed by atoms with Crippen LogP contribution >= 0.6 is 0 Å². The summed E-state index contributed by atoms with van der Waals surface area (Å²) in [5.41, 5.74) is 5.26. The summed E-state index contributed by atoms with van der Waals surface area (Å²) in [6.45, 7) is 0.660. The van der Waals surface area contributed by atoms with Crippen molar-refractivity contribution in [3.05, 3.63) is 29.3 Å². The summed E-state index contributed by atoms with van der Waals surface area (Å²) in [7, 11) is 1.47. The Bertz CT molecular complexity index is 529. The standard InChI is InChI=1S/C13H15F2N3O2/c1-20-6-5-18(4-2-3-16)13(19)9-7-10(14)11(15)8-12(9)17/h7-8H,2,4-6,17H2,1H3. The van der Waals surface area contributed by atoms with E-state index in [1.54, 1.807) is 0 Å². The highest BCUT2D eigenvalue weighted by Gasteiger charge is 2.20. The highest BCUT2D eigenvalue weighted by atomic mass is 19.2. The van der Waals surface area contributed by atoms with Crippen molar-refractivity contribution < 1.29 is 18.3 Å². The number of halogens is 2. The van der Waals surface area contributed by atoms with Gasteiger partial charge in [0.2, 0.25) is 0 Å². The number of nitrogens with zero attached hydrogens (tertiary/aromatic N) is 2. The topological polar surface area (TPSA) is 79.3 Å². The fraction of sp³-hybridized carbons (Fsp3) is 0.385. The largest absolute Gasteiger partial charge is 0.398 e. The first-order valence-corrected chi connectivity index (χ1v) is 5.91. The molecule has 1 amide bonds. The van der Waals surface area contributed by atoms with E-state index in [0.717, 1.165) is 12.1 Å². The van der Waals surface area contributed by atoms with Crippen molar-refractivity contribution in [1.82, 2.24) is 4.90 Å². The number of methoxy groups -OCH3 is 1. The summed E-state index contributed by atoms with van der Waals surface area (Å²) in [5.74, 6) is -2.82. The van der Waals surface area contributed by atoms with Gasteiger partial charge in [0.1, 0.15) is 0 Å². The second-order valence-corrected chi connectivity index (χ2v) is 4.05. The molecule has 0 aliphatic heterocycles. The van der Waals surface area contributed by atoms with Gasteiger partial charge < -0.3 is 15.4 Å². The fourth-order valence-corrected chi connectivity index (χ4v) is 1.62. The molecule has 108 valence electrons. The van der Waals surface area contributed by atoms with Gasteiger partial charge in [-0.3, -0.25) is 4.79 Å². The molecule has 0 atom stereocenters. The number of hydrogen-bond donors (Lipinski definition) is 1. The van der Waals surface area contributed by atoms with Crippen molar-refractivity contribution in [3.63, 3.8) is 0 Å². The predicted molar refractivity (Wildman–Crippen MR) is 68.8 cm³/mol. The molecule has 2 N–H and O–H groups in total. The van der Waals surface area contributed by atoms with Crippen LogP contribution in [-0.4, -0.2) is 37.6 Å². The van der Waals surface area contributed by atoms with E-state index in [9.17, 15) is 13.6 Å². The van der Waals surface area contributed by atoms with Gasteiger partial charge >= 0.3 is 0 Å². The Morgan fingerprint density at radius 1 is 1.40 bits per heavy atom. The molecule has 0 spiro atoms. The molecule has 0 radical (unpaired) electrons. The Morgan fingerprint density at radius 3 is 2.65 bits per heavy atom. The molecule has 0 bridgehead atoms. The Balaban J connectivity index is 2.99. The number of hydrogen-bond acceptors (Lipinski definition) is 4. The number of rotatable bonds is 6. The van der Waals surface area contributed by atoms with Crippen LogP contribution in [0.5, 0.6) is 0 Å². The first-order chi connectivity index (χ1) is 9.51. The maximum Gasteiger partial charge on any atom is 0.256 e. The van der Waals surface area contributed by atoms with Crippen LogP contribution in [0.25, 0.3) is 0 Å². The summed E-state index contributed by atoms with van der Waals surface area (Å²) in [4.78, 5) is 13.5. The number of nitrogens with two attached hydrogens (primary N) is 1. The Hall–Kier alpha value is -2.20. The van der Waals surface area contributed by atoms with Gasteiger partial charge in [-0.2, -0.15) is 5.26 Å². The molecule has 0 fully saturated rings. The van der Waals surface area contributed by atoms with Crippen molar-refractivity contribution in [2.24, 2.45) is 0 Å². The third-order valence-corrected chi connectivity index (χ3v) is 2.67. The molecular weight excluding hydrogens is 268 g/mol.